The summed E-state index contributed by atoms with van der Waals surface area (Å²) in [5.74, 6) is -1.77. The molecule has 2 rings (SSSR count). The number of hydrogen-bond acceptors (Lipinski definition) is 5. The number of imide groups is 1. The van der Waals surface area contributed by atoms with E-state index in [-0.39, 0.29) is 18.0 Å². The number of nitrogens with one attached hydrogen (secondary N) is 3. The van der Waals surface area contributed by atoms with Crippen molar-refractivity contribution in [1.29, 1.82) is 0 Å². The zero-order chi connectivity index (χ0) is 19.1. The van der Waals surface area contributed by atoms with Crippen molar-refractivity contribution in [3.05, 3.63) is 59.4 Å². The summed E-state index contributed by atoms with van der Waals surface area (Å²) in [6, 6.07) is 9.82. The molecule has 0 aliphatic heterocycles. The number of Topliss-reactive ketones (excluding diaryl/α,β-unsaturated/α-hetero) is 1. The number of rotatable bonds is 6. The predicted octanol–water partition coefficient (Wildman–Crippen LogP) is 1.79. The predicted molar refractivity (Wildman–Crippen MR) is 92.5 cm³/mol. The molecule has 0 saturated heterocycles. The van der Waals surface area contributed by atoms with E-state index in [9.17, 15) is 19.2 Å². The third-order valence-corrected chi connectivity index (χ3v) is 3.50. The van der Waals surface area contributed by atoms with Crippen molar-refractivity contribution in [1.82, 2.24) is 15.6 Å². The van der Waals surface area contributed by atoms with E-state index in [1.807, 2.05) is 30.3 Å². The van der Waals surface area contributed by atoms with Crippen molar-refractivity contribution >= 4 is 23.7 Å². The van der Waals surface area contributed by atoms with Crippen LogP contribution in [0.15, 0.2) is 42.6 Å². The lowest BCUT2D eigenvalue weighted by Crippen LogP contribution is -2.44. The van der Waals surface area contributed by atoms with Crippen molar-refractivity contribution in [3.63, 3.8) is 0 Å². The molecule has 0 radical (unpaired) electrons. The molecule has 3 amide bonds. The van der Waals surface area contributed by atoms with Crippen molar-refractivity contribution in [2.75, 3.05) is 0 Å². The number of benzene rings is 1. The number of hydrogen-bond donors (Lipinski definition) is 3. The highest BCUT2D eigenvalue weighted by atomic mass is 16.5. The lowest BCUT2D eigenvalue weighted by molar-refractivity contribution is -0.127. The van der Waals surface area contributed by atoms with E-state index in [0.29, 0.717) is 5.56 Å². The third kappa shape index (κ3) is 5.30. The largest absolute Gasteiger partial charge is 0.448 e. The Morgan fingerprint density at radius 2 is 1.85 bits per heavy atom. The standard InChI is InChI=1S/C18H19N3O5/c1-11(22)14-8-15(19-10-14)17(24)26-12(2)16(23)21-18(25)20-9-13-6-4-3-5-7-13/h3-8,10,12,19H,9H2,1-2H3,(H2,20,21,23,25)/t12-/m1/s1. The molecule has 0 aliphatic rings. The Bertz CT molecular complexity index is 813. The van der Waals surface area contributed by atoms with Gasteiger partial charge in [0, 0.05) is 18.3 Å². The number of carbonyl (C=O) groups excluding carboxylic acids is 4. The number of aromatic amines is 1. The van der Waals surface area contributed by atoms with Crippen LogP contribution in [-0.2, 0) is 16.1 Å². The summed E-state index contributed by atoms with van der Waals surface area (Å²) in [6.45, 7) is 2.96. The SMILES string of the molecule is CC(=O)c1c[nH]c(C(=O)O[C@H](C)C(=O)NC(=O)NCc2ccccc2)c1. The molecule has 0 saturated carbocycles. The number of carbonyl (C=O) groups is 4. The van der Waals surface area contributed by atoms with Crippen LogP contribution in [0.4, 0.5) is 4.79 Å². The Labute approximate surface area is 149 Å². The maximum atomic E-state index is 11.9. The lowest BCUT2D eigenvalue weighted by Gasteiger charge is -2.13. The first-order chi connectivity index (χ1) is 12.4. The van der Waals surface area contributed by atoms with Gasteiger partial charge >= 0.3 is 12.0 Å². The van der Waals surface area contributed by atoms with E-state index in [0.717, 1.165) is 5.56 Å². The van der Waals surface area contributed by atoms with Gasteiger partial charge < -0.3 is 15.0 Å². The van der Waals surface area contributed by atoms with E-state index in [1.165, 1.54) is 26.1 Å². The number of H-pyrrole nitrogens is 1. The van der Waals surface area contributed by atoms with Crippen LogP contribution in [0.1, 0.15) is 40.3 Å². The molecular weight excluding hydrogens is 338 g/mol. The summed E-state index contributed by atoms with van der Waals surface area (Å²) in [5.41, 5.74) is 1.25. The highest BCUT2D eigenvalue weighted by Gasteiger charge is 2.22. The average Bonchev–Trinajstić information content (AvgIpc) is 3.11. The van der Waals surface area contributed by atoms with Gasteiger partial charge in [-0.15, -0.1) is 0 Å². The summed E-state index contributed by atoms with van der Waals surface area (Å²) in [4.78, 5) is 49.4. The van der Waals surface area contributed by atoms with Gasteiger partial charge in [-0.05, 0) is 25.5 Å². The summed E-state index contributed by atoms with van der Waals surface area (Å²) in [7, 11) is 0. The minimum atomic E-state index is -1.19. The van der Waals surface area contributed by atoms with Gasteiger partial charge in [-0.1, -0.05) is 30.3 Å². The van der Waals surface area contributed by atoms with Crippen molar-refractivity contribution in [2.45, 2.75) is 26.5 Å². The third-order valence-electron chi connectivity index (χ3n) is 3.50. The summed E-state index contributed by atoms with van der Waals surface area (Å²) in [5, 5.41) is 4.63. The zero-order valence-electron chi connectivity index (χ0n) is 14.4. The highest BCUT2D eigenvalue weighted by molar-refractivity contribution is 5.99. The first-order valence-electron chi connectivity index (χ1n) is 7.89. The van der Waals surface area contributed by atoms with Crippen LogP contribution in [-0.4, -0.2) is 34.8 Å². The molecule has 1 heterocycles. The van der Waals surface area contributed by atoms with Gasteiger partial charge in [0.15, 0.2) is 11.9 Å². The molecule has 8 heteroatoms. The van der Waals surface area contributed by atoms with Crippen LogP contribution in [0.5, 0.6) is 0 Å². The van der Waals surface area contributed by atoms with Crippen LogP contribution in [0.3, 0.4) is 0 Å². The molecule has 1 aromatic carbocycles. The Kier molecular flexibility index (Phi) is 6.26. The molecule has 136 valence electrons. The van der Waals surface area contributed by atoms with Gasteiger partial charge in [0.05, 0.1) is 0 Å². The molecule has 0 fully saturated rings. The molecule has 26 heavy (non-hydrogen) atoms. The molecule has 8 nitrogen and oxygen atoms in total. The Morgan fingerprint density at radius 3 is 2.46 bits per heavy atom. The molecule has 0 aliphatic carbocycles. The molecule has 1 aromatic heterocycles. The number of aromatic nitrogens is 1. The number of ketones is 1. The Balaban J connectivity index is 1.81. The quantitative estimate of drug-likeness (QED) is 0.538. The maximum absolute atomic E-state index is 11.9. The summed E-state index contributed by atoms with van der Waals surface area (Å²) in [6.07, 6.45) is 0.190. The normalized spacial score (nSPS) is 11.3. The van der Waals surface area contributed by atoms with E-state index >= 15 is 0 Å². The van der Waals surface area contributed by atoms with Crippen LogP contribution < -0.4 is 10.6 Å². The van der Waals surface area contributed by atoms with E-state index in [2.05, 4.69) is 15.6 Å². The topological polar surface area (TPSA) is 117 Å². The smallest absolute Gasteiger partial charge is 0.355 e. The van der Waals surface area contributed by atoms with Crippen LogP contribution in [0.2, 0.25) is 0 Å². The molecule has 0 spiro atoms. The lowest BCUT2D eigenvalue weighted by atomic mass is 10.2. The Hall–Kier alpha value is -3.42. The second kappa shape index (κ2) is 8.61. The minimum Gasteiger partial charge on any atom is -0.448 e. The van der Waals surface area contributed by atoms with Gasteiger partial charge in [-0.2, -0.15) is 0 Å². The molecule has 0 bridgehead atoms. The summed E-state index contributed by atoms with van der Waals surface area (Å²) >= 11 is 0. The molecule has 2 aromatic rings. The maximum Gasteiger partial charge on any atom is 0.355 e. The number of ether oxygens (including phenoxy) is 1. The van der Waals surface area contributed by atoms with Gasteiger partial charge in [0.2, 0.25) is 0 Å². The zero-order valence-corrected chi connectivity index (χ0v) is 14.4. The van der Waals surface area contributed by atoms with E-state index < -0.39 is 24.0 Å². The fourth-order valence-electron chi connectivity index (χ4n) is 2.03. The van der Waals surface area contributed by atoms with Crippen molar-refractivity contribution < 1.29 is 23.9 Å². The molecular formula is C18H19N3O5. The number of amides is 3. The molecule has 0 unspecified atom stereocenters. The average molecular weight is 357 g/mol. The van der Waals surface area contributed by atoms with Crippen LogP contribution >= 0.6 is 0 Å². The fourth-order valence-corrected chi connectivity index (χ4v) is 2.03. The van der Waals surface area contributed by atoms with Gasteiger partial charge in [0.25, 0.3) is 5.91 Å². The monoisotopic (exact) mass is 357 g/mol. The van der Waals surface area contributed by atoms with E-state index in [4.69, 9.17) is 4.74 Å². The van der Waals surface area contributed by atoms with Crippen LogP contribution in [0, 0.1) is 0 Å². The first-order valence-corrected chi connectivity index (χ1v) is 7.89. The first kappa shape index (κ1) is 18.9. The van der Waals surface area contributed by atoms with Gasteiger partial charge in [0.1, 0.15) is 5.69 Å². The summed E-state index contributed by atoms with van der Waals surface area (Å²) < 4.78 is 4.98. The fraction of sp³-hybridized carbons (Fsp3) is 0.222. The molecule has 1 atom stereocenters. The Morgan fingerprint density at radius 1 is 1.15 bits per heavy atom. The number of esters is 1. The molecule has 3 N–H and O–H groups in total. The second-order valence-electron chi connectivity index (χ2n) is 5.56. The van der Waals surface area contributed by atoms with Crippen molar-refractivity contribution in [3.8, 4) is 0 Å². The van der Waals surface area contributed by atoms with E-state index in [1.54, 1.807) is 0 Å². The van der Waals surface area contributed by atoms with Crippen LogP contribution in [0.25, 0.3) is 0 Å². The minimum absolute atomic E-state index is 0.0448. The highest BCUT2D eigenvalue weighted by Crippen LogP contribution is 2.07. The number of urea groups is 1. The van der Waals surface area contributed by atoms with Gasteiger partial charge in [-0.3, -0.25) is 14.9 Å². The van der Waals surface area contributed by atoms with Crippen molar-refractivity contribution in [2.24, 2.45) is 0 Å². The second-order valence-corrected chi connectivity index (χ2v) is 5.56. The van der Waals surface area contributed by atoms with Gasteiger partial charge in [-0.25, -0.2) is 9.59 Å².